The van der Waals surface area contributed by atoms with Crippen LogP contribution in [0.1, 0.15) is 12.5 Å². The summed E-state index contributed by atoms with van der Waals surface area (Å²) in [5, 5.41) is 3.50. The molecule has 1 aromatic carbocycles. The summed E-state index contributed by atoms with van der Waals surface area (Å²) in [6.45, 7) is 4.23. The lowest BCUT2D eigenvalue weighted by Crippen LogP contribution is -2.33. The second-order valence-electron chi connectivity index (χ2n) is 3.91. The van der Waals surface area contributed by atoms with Crippen LogP contribution in [0.15, 0.2) is 22.7 Å². The second-order valence-corrected chi connectivity index (χ2v) is 4.76. The van der Waals surface area contributed by atoms with E-state index in [4.69, 9.17) is 0 Å². The molecule has 3 heteroatoms. The zero-order valence-corrected chi connectivity index (χ0v) is 10.1. The van der Waals surface area contributed by atoms with E-state index in [1.165, 1.54) is 15.7 Å². The summed E-state index contributed by atoms with van der Waals surface area (Å²) in [6, 6.07) is 6.92. The summed E-state index contributed by atoms with van der Waals surface area (Å²) in [4.78, 5) is 2.31. The zero-order chi connectivity index (χ0) is 10.1. The SMILES string of the molecule is CC1CN(C)c2c(Br)cccc2CN1. The second kappa shape index (κ2) is 3.91. The molecule has 1 aromatic rings. The summed E-state index contributed by atoms with van der Waals surface area (Å²) < 4.78 is 1.19. The Kier molecular flexibility index (Phi) is 2.79. The molecule has 76 valence electrons. The minimum absolute atomic E-state index is 0.541. The van der Waals surface area contributed by atoms with Gasteiger partial charge in [0.25, 0.3) is 0 Å². The summed E-state index contributed by atoms with van der Waals surface area (Å²) in [6.07, 6.45) is 0. The van der Waals surface area contributed by atoms with E-state index < -0.39 is 0 Å². The van der Waals surface area contributed by atoms with Crippen molar-refractivity contribution in [2.45, 2.75) is 19.5 Å². The highest BCUT2D eigenvalue weighted by Crippen LogP contribution is 2.30. The highest BCUT2D eigenvalue weighted by molar-refractivity contribution is 9.10. The van der Waals surface area contributed by atoms with Gasteiger partial charge in [-0.1, -0.05) is 12.1 Å². The number of nitrogens with one attached hydrogen (secondary N) is 1. The largest absolute Gasteiger partial charge is 0.372 e. The highest BCUT2D eigenvalue weighted by Gasteiger charge is 2.17. The number of likely N-dealkylation sites (N-methyl/N-ethyl adjacent to an activating group) is 1. The lowest BCUT2D eigenvalue weighted by Gasteiger charge is -2.22. The van der Waals surface area contributed by atoms with Crippen molar-refractivity contribution in [3.05, 3.63) is 28.2 Å². The molecule has 0 aromatic heterocycles. The molecule has 14 heavy (non-hydrogen) atoms. The first-order valence-corrected chi connectivity index (χ1v) is 5.69. The number of fused-ring (bicyclic) bond motifs is 1. The van der Waals surface area contributed by atoms with Crippen molar-refractivity contribution in [2.75, 3.05) is 18.5 Å². The fourth-order valence-corrected chi connectivity index (χ4v) is 2.69. The molecule has 0 amide bonds. The number of benzene rings is 1. The number of para-hydroxylation sites is 1. The number of rotatable bonds is 0. The van der Waals surface area contributed by atoms with Crippen LogP contribution < -0.4 is 10.2 Å². The van der Waals surface area contributed by atoms with Crippen molar-refractivity contribution in [3.8, 4) is 0 Å². The Morgan fingerprint density at radius 1 is 1.50 bits per heavy atom. The Balaban J connectivity index is 2.44. The van der Waals surface area contributed by atoms with E-state index in [0.29, 0.717) is 6.04 Å². The van der Waals surface area contributed by atoms with E-state index in [9.17, 15) is 0 Å². The first kappa shape index (κ1) is 9.99. The zero-order valence-electron chi connectivity index (χ0n) is 8.55. The van der Waals surface area contributed by atoms with Crippen LogP contribution in [0.25, 0.3) is 0 Å². The predicted molar refractivity (Wildman–Crippen MR) is 63.7 cm³/mol. The number of halogens is 1. The van der Waals surface area contributed by atoms with E-state index in [0.717, 1.165) is 13.1 Å². The van der Waals surface area contributed by atoms with Gasteiger partial charge >= 0.3 is 0 Å². The Bertz CT molecular complexity index is 338. The normalized spacial score (nSPS) is 21.6. The maximum absolute atomic E-state index is 3.61. The van der Waals surface area contributed by atoms with Crippen LogP contribution in [-0.2, 0) is 6.54 Å². The van der Waals surface area contributed by atoms with Crippen LogP contribution in [0.4, 0.5) is 5.69 Å². The molecule has 2 nitrogen and oxygen atoms in total. The molecular weight excluding hydrogens is 240 g/mol. The molecule has 0 aliphatic carbocycles. The molecule has 2 rings (SSSR count). The Labute approximate surface area is 93.4 Å². The van der Waals surface area contributed by atoms with Crippen molar-refractivity contribution in [1.29, 1.82) is 0 Å². The third-order valence-corrected chi connectivity index (χ3v) is 3.28. The molecule has 0 saturated heterocycles. The van der Waals surface area contributed by atoms with Crippen LogP contribution >= 0.6 is 15.9 Å². The smallest absolute Gasteiger partial charge is 0.0554 e. The van der Waals surface area contributed by atoms with E-state index >= 15 is 0 Å². The summed E-state index contributed by atoms with van der Waals surface area (Å²) >= 11 is 3.61. The van der Waals surface area contributed by atoms with E-state index in [-0.39, 0.29) is 0 Å². The Hall–Kier alpha value is -0.540. The number of hydrogen-bond acceptors (Lipinski definition) is 2. The average Bonchev–Trinajstić information content (AvgIpc) is 2.27. The van der Waals surface area contributed by atoms with Gasteiger partial charge in [-0.3, -0.25) is 0 Å². The van der Waals surface area contributed by atoms with Gasteiger partial charge in [0.05, 0.1) is 5.69 Å². The first-order chi connectivity index (χ1) is 6.68. The van der Waals surface area contributed by atoms with Crippen LogP contribution in [0.2, 0.25) is 0 Å². The minimum atomic E-state index is 0.541. The maximum atomic E-state index is 3.61. The van der Waals surface area contributed by atoms with Crippen LogP contribution in [-0.4, -0.2) is 19.6 Å². The molecule has 0 fully saturated rings. The lowest BCUT2D eigenvalue weighted by molar-refractivity contribution is 0.563. The van der Waals surface area contributed by atoms with Crippen molar-refractivity contribution < 1.29 is 0 Å². The predicted octanol–water partition coefficient (Wildman–Crippen LogP) is 2.38. The van der Waals surface area contributed by atoms with Gasteiger partial charge in [-0.15, -0.1) is 0 Å². The molecule has 0 saturated carbocycles. The number of nitrogens with zero attached hydrogens (tertiary/aromatic N) is 1. The van der Waals surface area contributed by atoms with Gasteiger partial charge in [-0.2, -0.15) is 0 Å². The van der Waals surface area contributed by atoms with Crippen molar-refractivity contribution in [1.82, 2.24) is 5.32 Å². The molecule has 1 unspecified atom stereocenters. The quantitative estimate of drug-likeness (QED) is 0.765. The molecule has 1 N–H and O–H groups in total. The molecular formula is C11H15BrN2. The summed E-state index contributed by atoms with van der Waals surface area (Å²) in [5.74, 6) is 0. The fraction of sp³-hybridized carbons (Fsp3) is 0.455. The monoisotopic (exact) mass is 254 g/mol. The van der Waals surface area contributed by atoms with Crippen LogP contribution in [0.5, 0.6) is 0 Å². The van der Waals surface area contributed by atoms with Gasteiger partial charge < -0.3 is 10.2 Å². The van der Waals surface area contributed by atoms with Gasteiger partial charge in [0.1, 0.15) is 0 Å². The molecule has 0 bridgehead atoms. The molecule has 1 aliphatic heterocycles. The molecule has 0 radical (unpaired) electrons. The van der Waals surface area contributed by atoms with Gasteiger partial charge in [-0.05, 0) is 34.5 Å². The topological polar surface area (TPSA) is 15.3 Å². The maximum Gasteiger partial charge on any atom is 0.0554 e. The first-order valence-electron chi connectivity index (χ1n) is 4.90. The standard InChI is InChI=1S/C11H15BrN2/c1-8-7-14(2)11-9(6-13-8)4-3-5-10(11)12/h3-5,8,13H,6-7H2,1-2H3. The highest BCUT2D eigenvalue weighted by atomic mass is 79.9. The van der Waals surface area contributed by atoms with Crippen LogP contribution in [0, 0.1) is 0 Å². The number of hydrogen-bond donors (Lipinski definition) is 1. The van der Waals surface area contributed by atoms with Crippen molar-refractivity contribution in [2.24, 2.45) is 0 Å². The molecule has 0 spiro atoms. The van der Waals surface area contributed by atoms with Gasteiger partial charge in [-0.25, -0.2) is 0 Å². The minimum Gasteiger partial charge on any atom is -0.372 e. The van der Waals surface area contributed by atoms with Crippen molar-refractivity contribution in [3.63, 3.8) is 0 Å². The van der Waals surface area contributed by atoms with Crippen LogP contribution in [0.3, 0.4) is 0 Å². The van der Waals surface area contributed by atoms with E-state index in [2.05, 4.69) is 58.3 Å². The van der Waals surface area contributed by atoms with E-state index in [1.807, 2.05) is 0 Å². The number of anilines is 1. The van der Waals surface area contributed by atoms with Crippen molar-refractivity contribution >= 4 is 21.6 Å². The van der Waals surface area contributed by atoms with Gasteiger partial charge in [0.15, 0.2) is 0 Å². The lowest BCUT2D eigenvalue weighted by atomic mass is 10.1. The van der Waals surface area contributed by atoms with Gasteiger partial charge in [0.2, 0.25) is 0 Å². The third-order valence-electron chi connectivity index (χ3n) is 2.64. The fourth-order valence-electron chi connectivity index (χ4n) is 1.98. The summed E-state index contributed by atoms with van der Waals surface area (Å²) in [5.41, 5.74) is 2.69. The van der Waals surface area contributed by atoms with Gasteiger partial charge in [0, 0.05) is 30.7 Å². The Morgan fingerprint density at radius 3 is 3.07 bits per heavy atom. The molecule has 1 heterocycles. The molecule has 1 aliphatic rings. The average molecular weight is 255 g/mol. The third kappa shape index (κ3) is 1.79. The Morgan fingerprint density at radius 2 is 2.29 bits per heavy atom. The molecule has 1 atom stereocenters. The summed E-state index contributed by atoms with van der Waals surface area (Å²) in [7, 11) is 2.15. The van der Waals surface area contributed by atoms with E-state index in [1.54, 1.807) is 0 Å².